The first-order valence-corrected chi connectivity index (χ1v) is 7.02. The zero-order valence-electron chi connectivity index (χ0n) is 10.1. The lowest BCUT2D eigenvalue weighted by atomic mass is 10.3. The molecule has 0 aromatic heterocycles. The maximum atomic E-state index is 11.7. The van der Waals surface area contributed by atoms with Gasteiger partial charge in [-0.15, -0.1) is 0 Å². The van der Waals surface area contributed by atoms with Crippen LogP contribution in [0, 0.1) is 0 Å². The van der Waals surface area contributed by atoms with Crippen molar-refractivity contribution in [1.29, 1.82) is 0 Å². The van der Waals surface area contributed by atoms with Crippen LogP contribution >= 0.6 is 0 Å². The number of anilines is 1. The predicted octanol–water partition coefficient (Wildman–Crippen LogP) is 1.05. The number of sulfonamides is 1. The van der Waals surface area contributed by atoms with E-state index in [-0.39, 0.29) is 5.75 Å². The van der Waals surface area contributed by atoms with Crippen LogP contribution in [0.4, 0.5) is 5.69 Å². The minimum absolute atomic E-state index is 0.111. The van der Waals surface area contributed by atoms with E-state index >= 15 is 0 Å². The molecule has 0 heterocycles. The second kappa shape index (κ2) is 6.46. The van der Waals surface area contributed by atoms with Crippen molar-refractivity contribution in [2.24, 2.45) is 0 Å². The normalized spacial score (nSPS) is 11.2. The number of rotatable bonds is 7. The van der Waals surface area contributed by atoms with E-state index in [1.54, 1.807) is 38.4 Å². The Morgan fingerprint density at radius 2 is 1.88 bits per heavy atom. The topological polar surface area (TPSA) is 67.4 Å². The van der Waals surface area contributed by atoms with Gasteiger partial charge in [0.15, 0.2) is 0 Å². The number of hydrogen-bond donors (Lipinski definition) is 2. The van der Waals surface area contributed by atoms with Crippen LogP contribution < -0.4 is 14.8 Å². The van der Waals surface area contributed by atoms with Crippen LogP contribution in [0.5, 0.6) is 5.75 Å². The van der Waals surface area contributed by atoms with Crippen molar-refractivity contribution in [2.75, 3.05) is 31.2 Å². The minimum Gasteiger partial charge on any atom is -0.497 e. The van der Waals surface area contributed by atoms with Crippen LogP contribution in [0.15, 0.2) is 24.3 Å². The lowest BCUT2D eigenvalue weighted by Crippen LogP contribution is -2.20. The third-order valence-corrected chi connectivity index (χ3v) is 3.58. The molecule has 0 spiro atoms. The van der Waals surface area contributed by atoms with Crippen LogP contribution in [0.25, 0.3) is 0 Å². The maximum Gasteiger partial charge on any atom is 0.232 e. The highest BCUT2D eigenvalue weighted by atomic mass is 32.2. The number of nitrogens with one attached hydrogen (secondary N) is 2. The highest BCUT2D eigenvalue weighted by molar-refractivity contribution is 7.92. The summed E-state index contributed by atoms with van der Waals surface area (Å²) < 4.78 is 30.8. The lowest BCUT2D eigenvalue weighted by molar-refractivity contribution is 0.415. The molecule has 0 saturated heterocycles. The molecule has 1 aromatic carbocycles. The molecule has 0 amide bonds. The molecular formula is C11H18N2O3S. The second-order valence-corrected chi connectivity index (χ2v) is 5.45. The summed E-state index contributed by atoms with van der Waals surface area (Å²) in [5.74, 6) is 0.808. The van der Waals surface area contributed by atoms with Crippen LogP contribution in [0.3, 0.4) is 0 Å². The fourth-order valence-electron chi connectivity index (χ4n) is 1.33. The van der Waals surface area contributed by atoms with Crippen LogP contribution in [0.1, 0.15) is 6.42 Å². The van der Waals surface area contributed by atoms with E-state index in [1.807, 2.05) is 0 Å². The summed E-state index contributed by atoms with van der Waals surface area (Å²) in [6.45, 7) is 0.684. The van der Waals surface area contributed by atoms with E-state index in [9.17, 15) is 8.42 Å². The maximum absolute atomic E-state index is 11.7. The smallest absolute Gasteiger partial charge is 0.232 e. The van der Waals surface area contributed by atoms with Gasteiger partial charge in [-0.05, 0) is 44.3 Å². The van der Waals surface area contributed by atoms with Gasteiger partial charge in [-0.3, -0.25) is 4.72 Å². The number of hydrogen-bond acceptors (Lipinski definition) is 4. The van der Waals surface area contributed by atoms with Crippen molar-refractivity contribution >= 4 is 15.7 Å². The molecule has 96 valence electrons. The molecule has 0 aliphatic heterocycles. The third kappa shape index (κ3) is 5.06. The molecule has 17 heavy (non-hydrogen) atoms. The van der Waals surface area contributed by atoms with Crippen molar-refractivity contribution < 1.29 is 13.2 Å². The van der Waals surface area contributed by atoms with E-state index in [0.717, 1.165) is 0 Å². The highest BCUT2D eigenvalue weighted by Gasteiger charge is 2.09. The Bertz CT molecular complexity index is 429. The van der Waals surface area contributed by atoms with E-state index in [0.29, 0.717) is 24.4 Å². The first-order valence-electron chi connectivity index (χ1n) is 5.36. The second-order valence-electron chi connectivity index (χ2n) is 3.61. The first kappa shape index (κ1) is 13.8. The Kier molecular flexibility index (Phi) is 5.24. The average Bonchev–Trinajstić information content (AvgIpc) is 2.30. The molecular weight excluding hydrogens is 240 g/mol. The van der Waals surface area contributed by atoms with Gasteiger partial charge in [0, 0.05) is 5.69 Å². The largest absolute Gasteiger partial charge is 0.497 e. The number of methoxy groups -OCH3 is 1. The Hall–Kier alpha value is -1.27. The fourth-order valence-corrected chi connectivity index (χ4v) is 2.45. The van der Waals surface area contributed by atoms with Gasteiger partial charge in [0.25, 0.3) is 0 Å². The van der Waals surface area contributed by atoms with Crippen LogP contribution in [0.2, 0.25) is 0 Å². The predicted molar refractivity (Wildman–Crippen MR) is 68.9 cm³/mol. The van der Waals surface area contributed by atoms with Crippen molar-refractivity contribution in [3.63, 3.8) is 0 Å². The van der Waals surface area contributed by atoms with Gasteiger partial charge < -0.3 is 10.1 Å². The molecule has 0 aliphatic carbocycles. The number of ether oxygens (including phenoxy) is 1. The minimum atomic E-state index is -3.26. The summed E-state index contributed by atoms with van der Waals surface area (Å²) >= 11 is 0. The van der Waals surface area contributed by atoms with E-state index in [2.05, 4.69) is 10.0 Å². The molecule has 0 aliphatic rings. The van der Waals surface area contributed by atoms with Gasteiger partial charge in [-0.25, -0.2) is 8.42 Å². The SMILES string of the molecule is CNCCCS(=O)(=O)Nc1ccc(OC)cc1. The van der Waals surface area contributed by atoms with Crippen LogP contribution in [-0.4, -0.2) is 34.9 Å². The van der Waals surface area contributed by atoms with E-state index < -0.39 is 10.0 Å². The zero-order valence-corrected chi connectivity index (χ0v) is 10.9. The molecule has 0 fully saturated rings. The molecule has 0 atom stereocenters. The molecule has 1 aromatic rings. The summed E-state index contributed by atoms with van der Waals surface area (Å²) in [7, 11) is 0.104. The van der Waals surface area contributed by atoms with Crippen molar-refractivity contribution in [3.05, 3.63) is 24.3 Å². The fraction of sp³-hybridized carbons (Fsp3) is 0.455. The summed E-state index contributed by atoms with van der Waals surface area (Å²) in [6.07, 6.45) is 0.585. The van der Waals surface area contributed by atoms with Gasteiger partial charge >= 0.3 is 0 Å². The zero-order chi connectivity index (χ0) is 12.7. The molecule has 0 saturated carbocycles. The van der Waals surface area contributed by atoms with Crippen molar-refractivity contribution in [2.45, 2.75) is 6.42 Å². The number of benzene rings is 1. The Labute approximate surface area is 102 Å². The van der Waals surface area contributed by atoms with Gasteiger partial charge in [-0.2, -0.15) is 0 Å². The molecule has 0 radical (unpaired) electrons. The molecule has 1 rings (SSSR count). The third-order valence-electron chi connectivity index (χ3n) is 2.20. The Morgan fingerprint density at radius 3 is 2.41 bits per heavy atom. The Morgan fingerprint density at radius 1 is 1.24 bits per heavy atom. The summed E-state index contributed by atoms with van der Waals surface area (Å²) in [4.78, 5) is 0. The summed E-state index contributed by atoms with van der Waals surface area (Å²) in [5, 5.41) is 2.91. The van der Waals surface area contributed by atoms with E-state index in [1.165, 1.54) is 0 Å². The Balaban J connectivity index is 2.56. The van der Waals surface area contributed by atoms with Gasteiger partial charge in [0.2, 0.25) is 10.0 Å². The standard InChI is InChI=1S/C11H18N2O3S/c1-12-8-3-9-17(14,15)13-10-4-6-11(16-2)7-5-10/h4-7,12-13H,3,8-9H2,1-2H3. The quantitative estimate of drug-likeness (QED) is 0.717. The molecule has 0 bridgehead atoms. The van der Waals surface area contributed by atoms with Gasteiger partial charge in [0.1, 0.15) is 5.75 Å². The molecule has 5 nitrogen and oxygen atoms in total. The van der Waals surface area contributed by atoms with Gasteiger partial charge in [-0.1, -0.05) is 0 Å². The lowest BCUT2D eigenvalue weighted by Gasteiger charge is -2.08. The van der Waals surface area contributed by atoms with Crippen LogP contribution in [-0.2, 0) is 10.0 Å². The van der Waals surface area contributed by atoms with Gasteiger partial charge in [0.05, 0.1) is 12.9 Å². The monoisotopic (exact) mass is 258 g/mol. The molecule has 6 heteroatoms. The van der Waals surface area contributed by atoms with E-state index in [4.69, 9.17) is 4.74 Å². The highest BCUT2D eigenvalue weighted by Crippen LogP contribution is 2.16. The average molecular weight is 258 g/mol. The summed E-state index contributed by atoms with van der Waals surface area (Å²) in [5.41, 5.74) is 0.551. The van der Waals surface area contributed by atoms with Crippen molar-refractivity contribution in [1.82, 2.24) is 5.32 Å². The first-order chi connectivity index (χ1) is 8.07. The molecule has 0 unspecified atom stereocenters. The summed E-state index contributed by atoms with van der Waals surface area (Å²) in [6, 6.07) is 6.78. The molecule has 2 N–H and O–H groups in total. The van der Waals surface area contributed by atoms with Crippen molar-refractivity contribution in [3.8, 4) is 5.75 Å².